The van der Waals surface area contributed by atoms with E-state index in [9.17, 15) is 14.4 Å². The Morgan fingerprint density at radius 1 is 1.30 bits per heavy atom. The largest absolute Gasteiger partial charge is 0.441 e. The minimum absolute atomic E-state index is 0.00455. The molecule has 0 atom stereocenters. The summed E-state index contributed by atoms with van der Waals surface area (Å²) in [6, 6.07) is 0. The lowest BCUT2D eigenvalue weighted by atomic mass is 9.91. The Bertz CT molecular complexity index is 671. The van der Waals surface area contributed by atoms with Gasteiger partial charge in [0.1, 0.15) is 11.9 Å². The van der Waals surface area contributed by atoms with Crippen molar-refractivity contribution in [3.63, 3.8) is 0 Å². The molecule has 2 aliphatic heterocycles. The molecule has 2 amide bonds. The predicted octanol–water partition coefficient (Wildman–Crippen LogP) is -0.585. The zero-order valence-corrected chi connectivity index (χ0v) is 13.4. The summed E-state index contributed by atoms with van der Waals surface area (Å²) in [5.41, 5.74) is -0.670. The molecule has 2 aliphatic rings. The van der Waals surface area contributed by atoms with Crippen molar-refractivity contribution in [2.45, 2.75) is 31.4 Å². The predicted molar refractivity (Wildman–Crippen MR) is 79.7 cm³/mol. The summed E-state index contributed by atoms with van der Waals surface area (Å²) >= 11 is 0. The first kappa shape index (κ1) is 15.6. The fourth-order valence-electron chi connectivity index (χ4n) is 3.15. The highest BCUT2D eigenvalue weighted by atomic mass is 16.6. The lowest BCUT2D eigenvalue weighted by Gasteiger charge is -2.37. The number of ether oxygens (including phenoxy) is 1. The van der Waals surface area contributed by atoms with Gasteiger partial charge in [-0.1, -0.05) is 0 Å². The van der Waals surface area contributed by atoms with Crippen molar-refractivity contribution in [1.29, 1.82) is 0 Å². The summed E-state index contributed by atoms with van der Waals surface area (Å²) in [6.45, 7) is 1.99. The quantitative estimate of drug-likeness (QED) is 0.742. The van der Waals surface area contributed by atoms with E-state index in [1.54, 1.807) is 23.9 Å². The van der Waals surface area contributed by atoms with E-state index in [1.807, 2.05) is 0 Å². The second-order valence-electron chi connectivity index (χ2n) is 6.29. The number of aryl methyl sites for hydroxylation is 2. The maximum atomic E-state index is 12.3. The van der Waals surface area contributed by atoms with Crippen LogP contribution in [0.3, 0.4) is 0 Å². The van der Waals surface area contributed by atoms with Gasteiger partial charge < -0.3 is 14.5 Å². The monoisotopic (exact) mass is 323 g/mol. The van der Waals surface area contributed by atoms with E-state index >= 15 is 0 Å². The number of carbonyl (C=O) groups is 2. The molecule has 0 saturated carbocycles. The average Bonchev–Trinajstić information content (AvgIpc) is 2.98. The topological polar surface area (TPSA) is 89.7 Å². The van der Waals surface area contributed by atoms with Gasteiger partial charge in [-0.25, -0.2) is 14.3 Å². The Morgan fingerprint density at radius 3 is 2.52 bits per heavy atom. The summed E-state index contributed by atoms with van der Waals surface area (Å²) in [7, 11) is 3.34. The van der Waals surface area contributed by atoms with Crippen LogP contribution in [0.5, 0.6) is 0 Å². The van der Waals surface area contributed by atoms with Gasteiger partial charge >= 0.3 is 11.8 Å². The summed E-state index contributed by atoms with van der Waals surface area (Å²) < 4.78 is 8.13. The van der Waals surface area contributed by atoms with Crippen molar-refractivity contribution in [3.05, 3.63) is 16.8 Å². The normalized spacial score (nSPS) is 20.2. The van der Waals surface area contributed by atoms with Crippen LogP contribution < -0.4 is 5.69 Å². The second kappa shape index (κ2) is 5.71. The molecular formula is C14H21N5O4. The number of carbonyl (C=O) groups excluding carboxylic acids is 2. The minimum Gasteiger partial charge on any atom is -0.441 e. The minimum atomic E-state index is -0.444. The molecule has 2 fully saturated rings. The summed E-state index contributed by atoms with van der Waals surface area (Å²) in [6.07, 6.45) is 2.68. The van der Waals surface area contributed by atoms with E-state index in [2.05, 4.69) is 5.10 Å². The molecule has 1 spiro atoms. The molecular weight excluding hydrogens is 302 g/mol. The lowest BCUT2D eigenvalue weighted by molar-refractivity contribution is -0.134. The summed E-state index contributed by atoms with van der Waals surface area (Å²) in [4.78, 5) is 38.8. The Kier molecular flexibility index (Phi) is 3.87. The van der Waals surface area contributed by atoms with Crippen molar-refractivity contribution >= 4 is 12.0 Å². The molecule has 9 nitrogen and oxygen atoms in total. The number of hydrogen-bond acceptors (Lipinski definition) is 5. The number of amides is 2. The molecule has 0 aliphatic carbocycles. The standard InChI is InChI=1S/C14H21N5O4/c1-16-9-14(23-13(16)22)4-7-18(8-5-14)11(20)3-6-19-12(21)17(2)10-15-19/h10H,3-9H2,1-2H3. The van der Waals surface area contributed by atoms with Crippen LogP contribution in [0.15, 0.2) is 11.1 Å². The third kappa shape index (κ3) is 2.95. The van der Waals surface area contributed by atoms with E-state index < -0.39 is 5.60 Å². The Balaban J connectivity index is 1.52. The van der Waals surface area contributed by atoms with Crippen LogP contribution in [-0.2, 0) is 23.1 Å². The van der Waals surface area contributed by atoms with Gasteiger partial charge in [0.15, 0.2) is 0 Å². The van der Waals surface area contributed by atoms with Crippen molar-refractivity contribution in [3.8, 4) is 0 Å². The van der Waals surface area contributed by atoms with Gasteiger partial charge in [-0.2, -0.15) is 5.10 Å². The fraction of sp³-hybridized carbons (Fsp3) is 0.714. The highest BCUT2D eigenvalue weighted by Crippen LogP contribution is 2.32. The van der Waals surface area contributed by atoms with Crippen molar-refractivity contribution in [2.75, 3.05) is 26.7 Å². The van der Waals surface area contributed by atoms with Crippen LogP contribution in [-0.4, -0.2) is 68.4 Å². The smallest absolute Gasteiger partial charge is 0.410 e. The van der Waals surface area contributed by atoms with Gasteiger partial charge in [0.2, 0.25) is 5.91 Å². The maximum absolute atomic E-state index is 12.3. The van der Waals surface area contributed by atoms with E-state index in [1.165, 1.54) is 15.6 Å². The molecule has 126 valence electrons. The molecule has 23 heavy (non-hydrogen) atoms. The molecule has 2 saturated heterocycles. The van der Waals surface area contributed by atoms with E-state index in [0.29, 0.717) is 32.5 Å². The second-order valence-corrected chi connectivity index (χ2v) is 6.29. The molecule has 1 aromatic heterocycles. The molecule has 1 aromatic rings. The number of rotatable bonds is 3. The summed E-state index contributed by atoms with van der Waals surface area (Å²) in [5, 5.41) is 3.94. The third-order valence-electron chi connectivity index (χ3n) is 4.59. The molecule has 3 rings (SSSR count). The highest BCUT2D eigenvalue weighted by molar-refractivity contribution is 5.76. The Hall–Kier alpha value is -2.32. The van der Waals surface area contributed by atoms with Crippen LogP contribution in [0, 0.1) is 0 Å². The Labute approximate surface area is 133 Å². The van der Waals surface area contributed by atoms with E-state index in [4.69, 9.17) is 4.74 Å². The molecule has 0 unspecified atom stereocenters. The van der Waals surface area contributed by atoms with Crippen LogP contribution >= 0.6 is 0 Å². The molecule has 3 heterocycles. The SMILES string of the molecule is CN1CC2(CCN(C(=O)CCn3ncn(C)c3=O)CC2)OC1=O. The lowest BCUT2D eigenvalue weighted by Crippen LogP contribution is -2.48. The first-order valence-corrected chi connectivity index (χ1v) is 7.70. The van der Waals surface area contributed by atoms with E-state index in [0.717, 1.165) is 0 Å². The molecule has 0 N–H and O–H groups in total. The average molecular weight is 323 g/mol. The number of hydrogen-bond donors (Lipinski definition) is 0. The number of nitrogens with zero attached hydrogens (tertiary/aromatic N) is 5. The van der Waals surface area contributed by atoms with Gasteiger partial charge in [0, 0.05) is 46.4 Å². The first-order chi connectivity index (χ1) is 10.9. The number of piperidine rings is 1. The van der Waals surface area contributed by atoms with Crippen LogP contribution in [0.25, 0.3) is 0 Å². The zero-order chi connectivity index (χ0) is 16.6. The van der Waals surface area contributed by atoms with Crippen LogP contribution in [0.4, 0.5) is 4.79 Å². The van der Waals surface area contributed by atoms with Gasteiger partial charge in [-0.15, -0.1) is 0 Å². The molecule has 9 heteroatoms. The first-order valence-electron chi connectivity index (χ1n) is 7.70. The van der Waals surface area contributed by atoms with Crippen LogP contribution in [0.1, 0.15) is 19.3 Å². The van der Waals surface area contributed by atoms with Crippen molar-refractivity contribution in [2.24, 2.45) is 7.05 Å². The number of likely N-dealkylation sites (tertiary alicyclic amines) is 1. The molecule has 0 radical (unpaired) electrons. The van der Waals surface area contributed by atoms with Crippen molar-refractivity contribution < 1.29 is 14.3 Å². The zero-order valence-electron chi connectivity index (χ0n) is 13.4. The third-order valence-corrected chi connectivity index (χ3v) is 4.59. The number of aromatic nitrogens is 3. The highest BCUT2D eigenvalue weighted by Gasteiger charge is 2.46. The summed E-state index contributed by atoms with van der Waals surface area (Å²) in [5.74, 6) is -0.00455. The van der Waals surface area contributed by atoms with Gasteiger partial charge in [0.05, 0.1) is 13.1 Å². The van der Waals surface area contributed by atoms with Gasteiger partial charge in [0.25, 0.3) is 0 Å². The molecule has 0 bridgehead atoms. The van der Waals surface area contributed by atoms with Gasteiger partial charge in [-0.05, 0) is 0 Å². The maximum Gasteiger partial charge on any atom is 0.410 e. The van der Waals surface area contributed by atoms with Crippen LogP contribution in [0.2, 0.25) is 0 Å². The van der Waals surface area contributed by atoms with Gasteiger partial charge in [-0.3, -0.25) is 9.36 Å². The van der Waals surface area contributed by atoms with E-state index in [-0.39, 0.29) is 30.7 Å². The number of likely N-dealkylation sites (N-methyl/N-ethyl adjacent to an activating group) is 1. The Morgan fingerprint density at radius 2 is 2.00 bits per heavy atom. The van der Waals surface area contributed by atoms with Crippen molar-refractivity contribution in [1.82, 2.24) is 24.1 Å². The fourth-order valence-corrected chi connectivity index (χ4v) is 3.15. The molecule has 0 aromatic carbocycles.